The minimum absolute atomic E-state index is 0.189. The minimum Gasteiger partial charge on any atom is -0.391 e. The maximum absolute atomic E-state index is 9.83. The van der Waals surface area contributed by atoms with Crippen molar-refractivity contribution in [2.75, 3.05) is 7.05 Å². The molecule has 2 heteroatoms. The molecule has 74 valence electrons. The van der Waals surface area contributed by atoms with Crippen LogP contribution in [0.3, 0.4) is 0 Å². The SMILES string of the molecule is CCC(C)C(C)C(O)C(C)NC. The molecular weight excluding hydrogens is 150 g/mol. The fourth-order valence-corrected chi connectivity index (χ4v) is 1.33. The van der Waals surface area contributed by atoms with E-state index in [9.17, 15) is 5.11 Å². The zero-order valence-electron chi connectivity index (χ0n) is 8.96. The molecule has 0 aliphatic carbocycles. The van der Waals surface area contributed by atoms with Crippen LogP contribution in [0.4, 0.5) is 0 Å². The molecule has 0 spiro atoms. The number of aliphatic hydroxyl groups is 1. The summed E-state index contributed by atoms with van der Waals surface area (Å²) in [5, 5.41) is 12.9. The Balaban J connectivity index is 3.99. The molecule has 0 heterocycles. The van der Waals surface area contributed by atoms with E-state index in [1.165, 1.54) is 0 Å². The quantitative estimate of drug-likeness (QED) is 0.662. The van der Waals surface area contributed by atoms with Crippen molar-refractivity contribution >= 4 is 0 Å². The van der Waals surface area contributed by atoms with Crippen molar-refractivity contribution in [3.63, 3.8) is 0 Å². The van der Waals surface area contributed by atoms with Crippen LogP contribution in [0.1, 0.15) is 34.1 Å². The molecule has 0 saturated heterocycles. The van der Waals surface area contributed by atoms with Gasteiger partial charge in [-0.05, 0) is 25.8 Å². The third kappa shape index (κ3) is 3.11. The first-order chi connectivity index (χ1) is 5.54. The van der Waals surface area contributed by atoms with Gasteiger partial charge in [0.05, 0.1) is 6.10 Å². The summed E-state index contributed by atoms with van der Waals surface area (Å²) in [6.45, 7) is 8.49. The normalized spacial score (nSPS) is 21.5. The second-order valence-corrected chi connectivity index (χ2v) is 3.81. The Morgan fingerprint density at radius 3 is 2.08 bits per heavy atom. The molecule has 2 nitrogen and oxygen atoms in total. The predicted octanol–water partition coefficient (Wildman–Crippen LogP) is 1.64. The summed E-state index contributed by atoms with van der Waals surface area (Å²) in [6.07, 6.45) is 0.902. The lowest BCUT2D eigenvalue weighted by atomic mass is 9.86. The van der Waals surface area contributed by atoms with Crippen LogP contribution in [0.5, 0.6) is 0 Å². The first kappa shape index (κ1) is 11.9. The molecule has 0 radical (unpaired) electrons. The lowest BCUT2D eigenvalue weighted by molar-refractivity contribution is 0.0588. The summed E-state index contributed by atoms with van der Waals surface area (Å²) < 4.78 is 0. The fraction of sp³-hybridized carbons (Fsp3) is 1.00. The van der Waals surface area contributed by atoms with Crippen LogP contribution in [-0.4, -0.2) is 24.3 Å². The van der Waals surface area contributed by atoms with Gasteiger partial charge in [-0.2, -0.15) is 0 Å². The largest absolute Gasteiger partial charge is 0.391 e. The average Bonchev–Trinajstić information content (AvgIpc) is 2.12. The number of hydrogen-bond donors (Lipinski definition) is 2. The van der Waals surface area contributed by atoms with E-state index < -0.39 is 0 Å². The van der Waals surface area contributed by atoms with Crippen LogP contribution in [0.25, 0.3) is 0 Å². The molecule has 12 heavy (non-hydrogen) atoms. The second-order valence-electron chi connectivity index (χ2n) is 3.81. The molecule has 0 saturated carbocycles. The molecule has 2 N–H and O–H groups in total. The molecule has 4 unspecified atom stereocenters. The van der Waals surface area contributed by atoms with Gasteiger partial charge >= 0.3 is 0 Å². The van der Waals surface area contributed by atoms with Crippen LogP contribution in [0, 0.1) is 11.8 Å². The molecule has 0 aliphatic heterocycles. The van der Waals surface area contributed by atoms with Gasteiger partial charge in [0.25, 0.3) is 0 Å². The number of aliphatic hydroxyl groups excluding tert-OH is 1. The van der Waals surface area contributed by atoms with Crippen molar-refractivity contribution in [1.82, 2.24) is 5.32 Å². The van der Waals surface area contributed by atoms with E-state index in [2.05, 4.69) is 26.1 Å². The zero-order chi connectivity index (χ0) is 9.72. The summed E-state index contributed by atoms with van der Waals surface area (Å²) in [7, 11) is 1.89. The monoisotopic (exact) mass is 173 g/mol. The van der Waals surface area contributed by atoms with E-state index in [4.69, 9.17) is 0 Å². The van der Waals surface area contributed by atoms with Gasteiger partial charge in [-0.3, -0.25) is 0 Å². The van der Waals surface area contributed by atoms with E-state index in [-0.39, 0.29) is 12.1 Å². The van der Waals surface area contributed by atoms with Crippen molar-refractivity contribution in [3.05, 3.63) is 0 Å². The van der Waals surface area contributed by atoms with Crippen LogP contribution in [-0.2, 0) is 0 Å². The molecule has 0 rings (SSSR count). The summed E-state index contributed by atoms with van der Waals surface area (Å²) in [6, 6.07) is 0.189. The molecule has 0 aromatic heterocycles. The van der Waals surface area contributed by atoms with Crippen LogP contribution in [0.15, 0.2) is 0 Å². The van der Waals surface area contributed by atoms with Gasteiger partial charge in [0.2, 0.25) is 0 Å². The number of nitrogens with one attached hydrogen (secondary N) is 1. The van der Waals surface area contributed by atoms with E-state index in [1.54, 1.807) is 0 Å². The van der Waals surface area contributed by atoms with Crippen molar-refractivity contribution in [1.29, 1.82) is 0 Å². The maximum atomic E-state index is 9.83. The Morgan fingerprint density at radius 1 is 1.25 bits per heavy atom. The molecule has 4 atom stereocenters. The van der Waals surface area contributed by atoms with Crippen LogP contribution < -0.4 is 5.32 Å². The van der Waals surface area contributed by atoms with Gasteiger partial charge in [0, 0.05) is 6.04 Å². The Morgan fingerprint density at radius 2 is 1.75 bits per heavy atom. The molecule has 0 aromatic carbocycles. The topological polar surface area (TPSA) is 32.3 Å². The number of rotatable bonds is 5. The van der Waals surface area contributed by atoms with E-state index in [1.807, 2.05) is 14.0 Å². The van der Waals surface area contributed by atoms with Crippen LogP contribution in [0.2, 0.25) is 0 Å². The standard InChI is InChI=1S/C10H23NO/c1-6-7(2)8(3)10(12)9(4)11-5/h7-12H,6H2,1-5H3. The third-order valence-electron chi connectivity index (χ3n) is 3.05. The van der Waals surface area contributed by atoms with Crippen molar-refractivity contribution in [3.8, 4) is 0 Å². The highest BCUT2D eigenvalue weighted by atomic mass is 16.3. The van der Waals surface area contributed by atoms with Gasteiger partial charge in [0.15, 0.2) is 0 Å². The van der Waals surface area contributed by atoms with E-state index in [0.717, 1.165) is 6.42 Å². The van der Waals surface area contributed by atoms with Crippen molar-refractivity contribution in [2.45, 2.75) is 46.3 Å². The minimum atomic E-state index is -0.232. The molecule has 0 aromatic rings. The highest BCUT2D eigenvalue weighted by Gasteiger charge is 2.23. The second kappa shape index (κ2) is 5.55. The van der Waals surface area contributed by atoms with E-state index >= 15 is 0 Å². The first-order valence-corrected chi connectivity index (χ1v) is 4.89. The summed E-state index contributed by atoms with van der Waals surface area (Å²) >= 11 is 0. The molecule has 0 amide bonds. The summed E-state index contributed by atoms with van der Waals surface area (Å²) in [4.78, 5) is 0. The fourth-order valence-electron chi connectivity index (χ4n) is 1.33. The Labute approximate surface area is 76.4 Å². The van der Waals surface area contributed by atoms with Crippen molar-refractivity contribution < 1.29 is 5.11 Å². The molecule has 0 aliphatic rings. The Kier molecular flexibility index (Phi) is 5.51. The number of likely N-dealkylation sites (N-methyl/N-ethyl adjacent to an activating group) is 1. The highest BCUT2D eigenvalue weighted by molar-refractivity contribution is 4.77. The van der Waals surface area contributed by atoms with Crippen LogP contribution >= 0.6 is 0 Å². The van der Waals surface area contributed by atoms with Crippen molar-refractivity contribution in [2.24, 2.45) is 11.8 Å². The lowest BCUT2D eigenvalue weighted by Crippen LogP contribution is -2.40. The molecular formula is C10H23NO. The summed E-state index contributed by atoms with van der Waals surface area (Å²) in [5.74, 6) is 0.966. The molecule has 0 bridgehead atoms. The zero-order valence-corrected chi connectivity index (χ0v) is 8.96. The van der Waals surface area contributed by atoms with Gasteiger partial charge in [-0.15, -0.1) is 0 Å². The van der Waals surface area contributed by atoms with Gasteiger partial charge in [-0.1, -0.05) is 27.2 Å². The maximum Gasteiger partial charge on any atom is 0.0718 e. The molecule has 0 fully saturated rings. The number of hydrogen-bond acceptors (Lipinski definition) is 2. The predicted molar refractivity (Wildman–Crippen MR) is 53.1 cm³/mol. The smallest absolute Gasteiger partial charge is 0.0718 e. The van der Waals surface area contributed by atoms with Gasteiger partial charge in [0.1, 0.15) is 0 Å². The Hall–Kier alpha value is -0.0800. The Bertz CT molecular complexity index is 102. The van der Waals surface area contributed by atoms with Gasteiger partial charge < -0.3 is 10.4 Å². The average molecular weight is 173 g/mol. The lowest BCUT2D eigenvalue weighted by Gasteiger charge is -2.28. The highest BCUT2D eigenvalue weighted by Crippen LogP contribution is 2.20. The third-order valence-corrected chi connectivity index (χ3v) is 3.05. The van der Waals surface area contributed by atoms with Gasteiger partial charge in [-0.25, -0.2) is 0 Å². The first-order valence-electron chi connectivity index (χ1n) is 4.89. The van der Waals surface area contributed by atoms with E-state index in [0.29, 0.717) is 11.8 Å². The summed E-state index contributed by atoms with van der Waals surface area (Å²) in [5.41, 5.74) is 0.